The highest BCUT2D eigenvalue weighted by Gasteiger charge is 2.12. The van der Waals surface area contributed by atoms with Crippen LogP contribution >= 0.6 is 23.2 Å². The van der Waals surface area contributed by atoms with Crippen LogP contribution in [0.4, 0.5) is 0 Å². The van der Waals surface area contributed by atoms with E-state index in [1.165, 1.54) is 6.07 Å². The van der Waals surface area contributed by atoms with E-state index < -0.39 is 5.97 Å². The lowest BCUT2D eigenvalue weighted by atomic mass is 10.00. The Morgan fingerprint density at radius 1 is 1.04 bits per heavy atom. The smallest absolute Gasteiger partial charge is 0.0745 e. The monoisotopic (exact) mass is 344 g/mol. The Morgan fingerprint density at radius 3 is 2.43 bits per heavy atom. The zero-order valence-electron chi connectivity index (χ0n) is 12.5. The average Bonchev–Trinajstić information content (AvgIpc) is 2.49. The summed E-state index contributed by atoms with van der Waals surface area (Å²) in [5, 5.41) is 13.0. The third-order valence-corrected chi connectivity index (χ3v) is 4.42. The molecule has 0 fully saturated rings. The zero-order valence-corrected chi connectivity index (χ0v) is 14.0. The Morgan fingerprint density at radius 2 is 1.78 bits per heavy atom. The standard InChI is InChI=1S/C18H13Cl2NO2/c1-9-5-10(2)17-12(6-9)13(18(22)23)8-16(21-17)11-3-4-14(19)15(20)7-11/h3-8H,1-2H3,(H,22,23)/p-1. The van der Waals surface area contributed by atoms with Crippen LogP contribution in [0.5, 0.6) is 0 Å². The summed E-state index contributed by atoms with van der Waals surface area (Å²) < 4.78 is 0. The molecule has 1 aromatic heterocycles. The normalized spacial score (nSPS) is 11.0. The minimum atomic E-state index is -1.23. The highest BCUT2D eigenvalue weighted by Crippen LogP contribution is 2.31. The number of rotatable bonds is 2. The van der Waals surface area contributed by atoms with Crippen molar-refractivity contribution in [2.45, 2.75) is 13.8 Å². The summed E-state index contributed by atoms with van der Waals surface area (Å²) in [6, 6.07) is 10.4. The Labute approximate surface area is 143 Å². The van der Waals surface area contributed by atoms with E-state index >= 15 is 0 Å². The van der Waals surface area contributed by atoms with E-state index in [-0.39, 0.29) is 5.56 Å². The minimum absolute atomic E-state index is 0.114. The van der Waals surface area contributed by atoms with Crippen LogP contribution in [0.1, 0.15) is 21.5 Å². The van der Waals surface area contributed by atoms with Gasteiger partial charge in [0.25, 0.3) is 0 Å². The first kappa shape index (κ1) is 15.8. The number of halogens is 2. The molecule has 0 saturated carbocycles. The second kappa shape index (κ2) is 5.84. The number of carboxylic acid groups (broad SMARTS) is 1. The number of aryl methyl sites for hydroxylation is 2. The first-order valence-corrected chi connectivity index (χ1v) is 7.71. The molecule has 3 nitrogen and oxygen atoms in total. The first-order valence-electron chi connectivity index (χ1n) is 6.95. The number of fused-ring (bicyclic) bond motifs is 1. The van der Waals surface area contributed by atoms with Crippen molar-refractivity contribution in [1.82, 2.24) is 4.98 Å². The van der Waals surface area contributed by atoms with Gasteiger partial charge >= 0.3 is 0 Å². The fraction of sp³-hybridized carbons (Fsp3) is 0.111. The molecule has 0 aliphatic rings. The number of carboxylic acids is 1. The number of carbonyl (C=O) groups excluding carboxylic acids is 1. The molecule has 0 unspecified atom stereocenters. The van der Waals surface area contributed by atoms with Crippen molar-refractivity contribution in [3.8, 4) is 11.3 Å². The van der Waals surface area contributed by atoms with Crippen LogP contribution in [0.25, 0.3) is 22.2 Å². The molecule has 3 aromatic rings. The molecule has 0 spiro atoms. The van der Waals surface area contributed by atoms with Gasteiger partial charge in [-0.25, -0.2) is 4.98 Å². The third-order valence-electron chi connectivity index (χ3n) is 3.68. The van der Waals surface area contributed by atoms with Gasteiger partial charge in [-0.1, -0.05) is 40.9 Å². The Kier molecular flexibility index (Phi) is 4.00. The van der Waals surface area contributed by atoms with Gasteiger partial charge in [-0.2, -0.15) is 0 Å². The van der Waals surface area contributed by atoms with Crippen LogP contribution in [-0.4, -0.2) is 11.0 Å². The predicted octanol–water partition coefficient (Wildman–Crippen LogP) is 4.19. The molecular weight excluding hydrogens is 333 g/mol. The molecule has 0 aliphatic carbocycles. The number of hydrogen-bond acceptors (Lipinski definition) is 3. The number of carbonyl (C=O) groups is 1. The predicted molar refractivity (Wildman–Crippen MR) is 91.0 cm³/mol. The van der Waals surface area contributed by atoms with Crippen LogP contribution in [0, 0.1) is 13.8 Å². The van der Waals surface area contributed by atoms with Crippen LogP contribution in [0.2, 0.25) is 10.0 Å². The Balaban J connectivity index is 2.34. The summed E-state index contributed by atoms with van der Waals surface area (Å²) >= 11 is 12.0. The summed E-state index contributed by atoms with van der Waals surface area (Å²) in [7, 11) is 0. The fourth-order valence-electron chi connectivity index (χ4n) is 2.65. The van der Waals surface area contributed by atoms with Crippen LogP contribution in [-0.2, 0) is 0 Å². The second-order valence-corrected chi connectivity index (χ2v) is 6.26. The molecule has 0 bridgehead atoms. The van der Waals surface area contributed by atoms with Crippen molar-refractivity contribution >= 4 is 40.1 Å². The third kappa shape index (κ3) is 2.90. The Bertz CT molecular complexity index is 951. The van der Waals surface area contributed by atoms with E-state index in [1.54, 1.807) is 24.3 Å². The van der Waals surface area contributed by atoms with Crippen molar-refractivity contribution in [3.05, 3.63) is 63.1 Å². The number of aromatic carboxylic acids is 1. The van der Waals surface area contributed by atoms with Crippen LogP contribution < -0.4 is 5.11 Å². The van der Waals surface area contributed by atoms with Crippen LogP contribution in [0.15, 0.2) is 36.4 Å². The highest BCUT2D eigenvalue weighted by molar-refractivity contribution is 6.42. The number of nitrogens with zero attached hydrogens (tertiary/aromatic N) is 1. The minimum Gasteiger partial charge on any atom is -0.545 e. The van der Waals surface area contributed by atoms with Crippen molar-refractivity contribution in [3.63, 3.8) is 0 Å². The highest BCUT2D eigenvalue weighted by atomic mass is 35.5. The number of hydrogen-bond donors (Lipinski definition) is 0. The zero-order chi connectivity index (χ0) is 16.7. The maximum absolute atomic E-state index is 11.6. The van der Waals surface area contributed by atoms with E-state index in [4.69, 9.17) is 23.2 Å². The molecular formula is C18H12Cl2NO2-. The van der Waals surface area contributed by atoms with E-state index in [1.807, 2.05) is 19.9 Å². The number of aromatic nitrogens is 1. The maximum Gasteiger partial charge on any atom is 0.0745 e. The van der Waals surface area contributed by atoms with Crippen molar-refractivity contribution in [2.75, 3.05) is 0 Å². The average molecular weight is 345 g/mol. The van der Waals surface area contributed by atoms with Crippen molar-refractivity contribution < 1.29 is 9.90 Å². The molecule has 0 amide bonds. The maximum atomic E-state index is 11.6. The van der Waals surface area contributed by atoms with E-state index in [9.17, 15) is 9.90 Å². The molecule has 0 aliphatic heterocycles. The molecule has 1 heterocycles. The molecule has 0 atom stereocenters. The van der Waals surface area contributed by atoms with Crippen molar-refractivity contribution in [2.24, 2.45) is 0 Å². The van der Waals surface area contributed by atoms with E-state index in [0.29, 0.717) is 32.2 Å². The van der Waals surface area contributed by atoms with Gasteiger partial charge in [-0.05, 0) is 43.7 Å². The lowest BCUT2D eigenvalue weighted by Crippen LogP contribution is -2.23. The Hall–Kier alpha value is -2.10. The summed E-state index contributed by atoms with van der Waals surface area (Å²) in [5.41, 5.74) is 3.85. The van der Waals surface area contributed by atoms with Gasteiger partial charge in [-0.15, -0.1) is 0 Å². The van der Waals surface area contributed by atoms with Gasteiger partial charge in [0.2, 0.25) is 0 Å². The molecule has 23 heavy (non-hydrogen) atoms. The van der Waals surface area contributed by atoms with Gasteiger partial charge in [0.1, 0.15) is 0 Å². The summed E-state index contributed by atoms with van der Waals surface area (Å²) in [6.45, 7) is 3.82. The van der Waals surface area contributed by atoms with E-state index in [0.717, 1.165) is 11.1 Å². The van der Waals surface area contributed by atoms with Gasteiger partial charge in [0, 0.05) is 16.5 Å². The SMILES string of the molecule is Cc1cc(C)c2nc(-c3ccc(Cl)c(Cl)c3)cc(C(=O)[O-])c2c1. The van der Waals surface area contributed by atoms with Gasteiger partial charge in [0.05, 0.1) is 27.2 Å². The molecule has 2 aromatic carbocycles. The topological polar surface area (TPSA) is 53.0 Å². The summed E-state index contributed by atoms with van der Waals surface area (Å²) in [5.74, 6) is -1.23. The lowest BCUT2D eigenvalue weighted by Gasteiger charge is -2.13. The quantitative estimate of drug-likeness (QED) is 0.700. The second-order valence-electron chi connectivity index (χ2n) is 5.45. The number of pyridine rings is 1. The fourth-order valence-corrected chi connectivity index (χ4v) is 2.95. The molecule has 0 saturated heterocycles. The first-order chi connectivity index (χ1) is 10.9. The lowest BCUT2D eigenvalue weighted by molar-refractivity contribution is -0.254. The van der Waals surface area contributed by atoms with E-state index in [2.05, 4.69) is 4.98 Å². The largest absolute Gasteiger partial charge is 0.545 e. The molecule has 116 valence electrons. The van der Waals surface area contributed by atoms with Gasteiger partial charge < -0.3 is 9.90 Å². The summed E-state index contributed by atoms with van der Waals surface area (Å²) in [4.78, 5) is 16.2. The molecule has 0 N–H and O–H groups in total. The van der Waals surface area contributed by atoms with Crippen molar-refractivity contribution in [1.29, 1.82) is 0 Å². The number of benzene rings is 2. The summed E-state index contributed by atoms with van der Waals surface area (Å²) in [6.07, 6.45) is 0. The van der Waals surface area contributed by atoms with Gasteiger partial charge in [-0.3, -0.25) is 0 Å². The molecule has 0 radical (unpaired) electrons. The molecule has 3 rings (SSSR count). The molecule has 5 heteroatoms. The van der Waals surface area contributed by atoms with Crippen LogP contribution in [0.3, 0.4) is 0 Å². The van der Waals surface area contributed by atoms with Gasteiger partial charge in [0.15, 0.2) is 0 Å².